The molecule has 0 amide bonds. The highest BCUT2D eigenvalue weighted by molar-refractivity contribution is 5.66. The maximum Gasteiger partial charge on any atom is 0.231 e. The second-order valence-corrected chi connectivity index (χ2v) is 6.44. The molecule has 0 N–H and O–H groups in total. The third-order valence-corrected chi connectivity index (χ3v) is 4.74. The van der Waals surface area contributed by atoms with Crippen molar-refractivity contribution in [2.24, 2.45) is 5.92 Å². The minimum absolute atomic E-state index is 0.750. The van der Waals surface area contributed by atoms with Gasteiger partial charge in [0.2, 0.25) is 5.95 Å². The van der Waals surface area contributed by atoms with Gasteiger partial charge in [-0.05, 0) is 42.9 Å². The molecule has 0 aliphatic carbocycles. The number of para-hydroxylation sites is 1. The van der Waals surface area contributed by atoms with E-state index in [9.17, 15) is 0 Å². The predicted molar refractivity (Wildman–Crippen MR) is 89.8 cm³/mol. The van der Waals surface area contributed by atoms with Crippen molar-refractivity contribution in [1.29, 1.82) is 0 Å². The SMILES string of the molecule is CC1CCCN(c2ccnc(N3CCc4ccccc43)n2)C1. The van der Waals surface area contributed by atoms with Gasteiger partial charge in [0.1, 0.15) is 5.82 Å². The van der Waals surface area contributed by atoms with Crippen LogP contribution in [0.15, 0.2) is 36.5 Å². The summed E-state index contributed by atoms with van der Waals surface area (Å²) in [6.07, 6.45) is 5.56. The Balaban J connectivity index is 1.63. The lowest BCUT2D eigenvalue weighted by Gasteiger charge is -2.32. The average Bonchev–Trinajstić information content (AvgIpc) is 2.99. The van der Waals surface area contributed by atoms with Gasteiger partial charge in [-0.1, -0.05) is 25.1 Å². The number of rotatable bonds is 2. The summed E-state index contributed by atoms with van der Waals surface area (Å²) >= 11 is 0. The fourth-order valence-electron chi connectivity index (χ4n) is 3.59. The van der Waals surface area contributed by atoms with E-state index in [4.69, 9.17) is 4.98 Å². The zero-order valence-electron chi connectivity index (χ0n) is 13.1. The van der Waals surface area contributed by atoms with Crippen molar-refractivity contribution in [3.63, 3.8) is 0 Å². The van der Waals surface area contributed by atoms with Gasteiger partial charge in [-0.3, -0.25) is 0 Å². The van der Waals surface area contributed by atoms with Crippen LogP contribution in [0.4, 0.5) is 17.5 Å². The molecule has 0 bridgehead atoms. The Morgan fingerprint density at radius 3 is 2.95 bits per heavy atom. The van der Waals surface area contributed by atoms with Crippen molar-refractivity contribution in [2.75, 3.05) is 29.4 Å². The number of anilines is 3. The number of hydrogen-bond acceptors (Lipinski definition) is 4. The first-order valence-electron chi connectivity index (χ1n) is 8.25. The quantitative estimate of drug-likeness (QED) is 0.849. The molecule has 4 rings (SSSR count). The molecule has 114 valence electrons. The van der Waals surface area contributed by atoms with Gasteiger partial charge >= 0.3 is 0 Å². The van der Waals surface area contributed by atoms with Crippen LogP contribution in [-0.4, -0.2) is 29.6 Å². The van der Waals surface area contributed by atoms with Gasteiger partial charge in [0, 0.05) is 31.5 Å². The van der Waals surface area contributed by atoms with Crippen molar-refractivity contribution >= 4 is 17.5 Å². The number of piperidine rings is 1. The summed E-state index contributed by atoms with van der Waals surface area (Å²) in [4.78, 5) is 14.0. The molecule has 1 saturated heterocycles. The Morgan fingerprint density at radius 1 is 1.14 bits per heavy atom. The fraction of sp³-hybridized carbons (Fsp3) is 0.444. The molecule has 1 aromatic carbocycles. The first-order valence-corrected chi connectivity index (χ1v) is 8.25. The molecule has 0 spiro atoms. The summed E-state index contributed by atoms with van der Waals surface area (Å²) < 4.78 is 0. The summed E-state index contributed by atoms with van der Waals surface area (Å²) in [5.41, 5.74) is 2.65. The van der Waals surface area contributed by atoms with Crippen LogP contribution in [0.25, 0.3) is 0 Å². The lowest BCUT2D eigenvalue weighted by Crippen LogP contribution is -2.35. The Morgan fingerprint density at radius 2 is 2.05 bits per heavy atom. The summed E-state index contributed by atoms with van der Waals surface area (Å²) in [5.74, 6) is 2.65. The number of fused-ring (bicyclic) bond motifs is 1. The Hall–Kier alpha value is -2.10. The summed E-state index contributed by atoms with van der Waals surface area (Å²) in [6, 6.07) is 10.6. The number of hydrogen-bond donors (Lipinski definition) is 0. The van der Waals surface area contributed by atoms with Gasteiger partial charge < -0.3 is 9.80 Å². The van der Waals surface area contributed by atoms with E-state index < -0.39 is 0 Å². The Bertz CT molecular complexity index is 670. The Kier molecular flexibility index (Phi) is 3.45. The minimum atomic E-state index is 0.750. The van der Waals surface area contributed by atoms with Gasteiger partial charge in [-0.25, -0.2) is 4.98 Å². The first kappa shape index (κ1) is 13.6. The van der Waals surface area contributed by atoms with Gasteiger partial charge in [-0.2, -0.15) is 4.98 Å². The zero-order chi connectivity index (χ0) is 14.9. The van der Waals surface area contributed by atoms with Crippen LogP contribution in [0, 0.1) is 5.92 Å². The van der Waals surface area contributed by atoms with Crippen LogP contribution < -0.4 is 9.80 Å². The molecule has 1 aromatic heterocycles. The van der Waals surface area contributed by atoms with Crippen LogP contribution in [0.3, 0.4) is 0 Å². The van der Waals surface area contributed by atoms with Crippen molar-refractivity contribution in [1.82, 2.24) is 9.97 Å². The molecule has 3 heterocycles. The maximum atomic E-state index is 4.85. The van der Waals surface area contributed by atoms with Crippen LogP contribution >= 0.6 is 0 Å². The van der Waals surface area contributed by atoms with Gasteiger partial charge in [-0.15, -0.1) is 0 Å². The van der Waals surface area contributed by atoms with E-state index in [0.29, 0.717) is 0 Å². The lowest BCUT2D eigenvalue weighted by atomic mass is 10.0. The van der Waals surface area contributed by atoms with E-state index in [1.54, 1.807) is 0 Å². The summed E-state index contributed by atoms with van der Waals surface area (Å²) in [5, 5.41) is 0. The van der Waals surface area contributed by atoms with Crippen molar-refractivity contribution in [2.45, 2.75) is 26.2 Å². The number of nitrogens with zero attached hydrogens (tertiary/aromatic N) is 4. The highest BCUT2D eigenvalue weighted by atomic mass is 15.3. The van der Waals surface area contributed by atoms with E-state index in [-0.39, 0.29) is 0 Å². The second-order valence-electron chi connectivity index (χ2n) is 6.44. The van der Waals surface area contributed by atoms with Crippen molar-refractivity contribution in [3.8, 4) is 0 Å². The number of aromatic nitrogens is 2. The molecule has 0 saturated carbocycles. The average molecular weight is 294 g/mol. The summed E-state index contributed by atoms with van der Waals surface area (Å²) in [7, 11) is 0. The van der Waals surface area contributed by atoms with Crippen molar-refractivity contribution in [3.05, 3.63) is 42.1 Å². The first-order chi connectivity index (χ1) is 10.8. The monoisotopic (exact) mass is 294 g/mol. The third-order valence-electron chi connectivity index (χ3n) is 4.74. The molecular formula is C18H22N4. The smallest absolute Gasteiger partial charge is 0.231 e. The Labute approximate surface area is 131 Å². The minimum Gasteiger partial charge on any atom is -0.356 e. The summed E-state index contributed by atoms with van der Waals surface area (Å²) in [6.45, 7) is 5.51. The van der Waals surface area contributed by atoms with Crippen molar-refractivity contribution < 1.29 is 0 Å². The molecule has 0 radical (unpaired) electrons. The largest absolute Gasteiger partial charge is 0.356 e. The van der Waals surface area contributed by atoms with E-state index in [0.717, 1.165) is 43.7 Å². The molecule has 22 heavy (non-hydrogen) atoms. The van der Waals surface area contributed by atoms with E-state index in [2.05, 4.69) is 46.0 Å². The normalized spacial score (nSPS) is 21.0. The fourth-order valence-corrected chi connectivity index (χ4v) is 3.59. The molecule has 1 atom stereocenters. The van der Waals surface area contributed by atoms with E-state index >= 15 is 0 Å². The van der Waals surface area contributed by atoms with Gasteiger partial charge in [0.25, 0.3) is 0 Å². The molecule has 1 fully saturated rings. The lowest BCUT2D eigenvalue weighted by molar-refractivity contribution is 0.444. The maximum absolute atomic E-state index is 4.85. The predicted octanol–water partition coefficient (Wildman–Crippen LogP) is 3.41. The van der Waals surface area contributed by atoms with Crippen LogP contribution in [0.5, 0.6) is 0 Å². The molecule has 2 aliphatic heterocycles. The molecule has 2 aliphatic rings. The van der Waals surface area contributed by atoms with Crippen LogP contribution in [0.2, 0.25) is 0 Å². The topological polar surface area (TPSA) is 32.3 Å². The van der Waals surface area contributed by atoms with Crippen LogP contribution in [-0.2, 0) is 6.42 Å². The third kappa shape index (κ3) is 2.43. The van der Waals surface area contributed by atoms with E-state index in [1.807, 2.05) is 12.3 Å². The highest BCUT2D eigenvalue weighted by Crippen LogP contribution is 2.33. The van der Waals surface area contributed by atoms with E-state index in [1.165, 1.54) is 24.1 Å². The standard InChI is InChI=1S/C18H22N4/c1-14-5-4-11-21(13-14)17-8-10-19-18(20-17)22-12-9-15-6-2-3-7-16(15)22/h2-3,6-8,10,14H,4-5,9,11-13H2,1H3. The molecule has 4 heteroatoms. The molecular weight excluding hydrogens is 272 g/mol. The zero-order valence-corrected chi connectivity index (χ0v) is 13.1. The van der Waals surface area contributed by atoms with Gasteiger partial charge in [0.05, 0.1) is 0 Å². The number of benzene rings is 1. The molecule has 1 unspecified atom stereocenters. The van der Waals surface area contributed by atoms with Gasteiger partial charge in [0.15, 0.2) is 0 Å². The molecule has 4 nitrogen and oxygen atoms in total. The second kappa shape index (κ2) is 5.59. The molecule has 2 aromatic rings. The van der Waals surface area contributed by atoms with Crippen LogP contribution in [0.1, 0.15) is 25.3 Å². The highest BCUT2D eigenvalue weighted by Gasteiger charge is 2.23.